The van der Waals surface area contributed by atoms with Gasteiger partial charge in [0.25, 0.3) is 0 Å². The molecule has 144 valence electrons. The van der Waals surface area contributed by atoms with Gasteiger partial charge in [-0.25, -0.2) is 0 Å². The fraction of sp³-hybridized carbons (Fsp3) is 0.750. The molecule has 25 heavy (non-hydrogen) atoms. The van der Waals surface area contributed by atoms with Gasteiger partial charge in [-0.3, -0.25) is 0 Å². The van der Waals surface area contributed by atoms with E-state index in [2.05, 4.69) is 0 Å². The maximum atomic E-state index is 9.49. The maximum Gasteiger partial charge on any atom is 4.00 e. The van der Waals surface area contributed by atoms with Crippen molar-refractivity contribution in [3.05, 3.63) is 0 Å². The third-order valence-electron chi connectivity index (χ3n) is 1.82. The van der Waals surface area contributed by atoms with Gasteiger partial charge in [0, 0.05) is 23.9 Å². The molecule has 0 amide bonds. The first-order valence-electron chi connectivity index (χ1n) is 7.88. The second kappa shape index (κ2) is 31.1. The van der Waals surface area contributed by atoms with Crippen LogP contribution in [0.25, 0.3) is 0 Å². The van der Waals surface area contributed by atoms with Crippen molar-refractivity contribution in [1.82, 2.24) is 0 Å². The molecule has 0 aliphatic carbocycles. The summed E-state index contributed by atoms with van der Waals surface area (Å²) < 4.78 is 0. The monoisotopic (exact) mass is 488 g/mol. The zero-order chi connectivity index (χ0) is 20.0. The van der Waals surface area contributed by atoms with E-state index < -0.39 is 23.9 Å². The van der Waals surface area contributed by atoms with Crippen LogP contribution >= 0.6 is 0 Å². The van der Waals surface area contributed by atoms with Gasteiger partial charge in [-0.1, -0.05) is 53.4 Å². The Hall–Kier alpha value is -0.743. The fourth-order valence-corrected chi connectivity index (χ4v) is 0.816. The summed E-state index contributed by atoms with van der Waals surface area (Å²) >= 11 is 0. The maximum absolute atomic E-state index is 9.49. The first-order chi connectivity index (χ1) is 11.1. The quantitative estimate of drug-likeness (QED) is 0.385. The Morgan fingerprint density at radius 2 is 0.600 bits per heavy atom. The van der Waals surface area contributed by atoms with E-state index in [9.17, 15) is 39.6 Å². The Bertz CT molecular complexity index is 268. The smallest absolute Gasteiger partial charge is 0.550 e. The number of aliphatic carboxylic acids is 4. The van der Waals surface area contributed by atoms with E-state index in [-0.39, 0.29) is 67.4 Å². The van der Waals surface area contributed by atoms with Crippen LogP contribution in [0.3, 0.4) is 0 Å². The molecule has 0 rings (SSSR count). The predicted molar refractivity (Wildman–Crippen MR) is 79.7 cm³/mol. The molecule has 0 N–H and O–H groups in total. The third kappa shape index (κ3) is 82.9. The average molecular weight is 489 g/mol. The van der Waals surface area contributed by atoms with Crippen LogP contribution in [0.1, 0.15) is 79.1 Å². The van der Waals surface area contributed by atoms with Crippen LogP contribution in [0.15, 0.2) is 0 Å². The summed E-state index contributed by atoms with van der Waals surface area (Å²) in [5, 5.41) is 38.0. The van der Waals surface area contributed by atoms with Crippen LogP contribution in [-0.4, -0.2) is 23.9 Å². The van der Waals surface area contributed by atoms with E-state index >= 15 is 0 Å². The summed E-state index contributed by atoms with van der Waals surface area (Å²) in [6.07, 6.45) is 3.40. The van der Waals surface area contributed by atoms with Gasteiger partial charge < -0.3 is 39.6 Å². The van der Waals surface area contributed by atoms with Gasteiger partial charge in [0.15, 0.2) is 0 Å². The van der Waals surface area contributed by atoms with Crippen LogP contribution in [0.2, 0.25) is 0 Å². The van der Waals surface area contributed by atoms with E-state index in [4.69, 9.17) is 0 Å². The zero-order valence-electron chi connectivity index (χ0n) is 15.4. The summed E-state index contributed by atoms with van der Waals surface area (Å²) in [7, 11) is 0. The second-order valence-corrected chi connectivity index (χ2v) is 4.49. The molecular formula is C16H28CeO8. The third-order valence-corrected chi connectivity index (χ3v) is 1.82. The topological polar surface area (TPSA) is 161 Å². The first kappa shape index (κ1) is 35.4. The summed E-state index contributed by atoms with van der Waals surface area (Å²) in [5.41, 5.74) is 0. The number of carbonyl (C=O) groups is 4. The Balaban J connectivity index is -0.0000000702. The molecule has 0 aliphatic heterocycles. The van der Waals surface area contributed by atoms with Crippen molar-refractivity contribution in [2.24, 2.45) is 0 Å². The molecule has 0 saturated heterocycles. The Labute approximate surface area is 183 Å². The molecule has 0 aromatic rings. The Kier molecular flexibility index (Phi) is 44.0. The van der Waals surface area contributed by atoms with Crippen LogP contribution in [0, 0.1) is 41.7 Å². The number of carboxylic acid groups (broad SMARTS) is 4. The summed E-state index contributed by atoms with van der Waals surface area (Å²) in [5.74, 6) is -3.84. The molecule has 0 aliphatic rings. The number of rotatable bonds is 8. The van der Waals surface area contributed by atoms with Gasteiger partial charge in [-0.15, -0.1) is 0 Å². The first-order valence-corrected chi connectivity index (χ1v) is 7.88. The van der Waals surface area contributed by atoms with E-state index in [0.717, 1.165) is 0 Å². The predicted octanol–water partition coefficient (Wildman–Crippen LogP) is -1.85. The molecule has 0 heterocycles. The molecule has 0 saturated carbocycles. The molecule has 0 fully saturated rings. The molecular weight excluding hydrogens is 460 g/mol. The minimum atomic E-state index is -0.961. The fourth-order valence-electron chi connectivity index (χ4n) is 0.816. The van der Waals surface area contributed by atoms with E-state index in [1.165, 1.54) is 0 Å². The average Bonchev–Trinajstić information content (AvgIpc) is 2.39. The van der Waals surface area contributed by atoms with Gasteiger partial charge in [-0.05, 0) is 25.7 Å². The zero-order valence-corrected chi connectivity index (χ0v) is 18.6. The van der Waals surface area contributed by atoms with E-state index in [0.29, 0.717) is 25.7 Å². The van der Waals surface area contributed by atoms with Crippen molar-refractivity contribution >= 4 is 23.9 Å². The van der Waals surface area contributed by atoms with Crippen molar-refractivity contribution in [3.8, 4) is 0 Å². The van der Waals surface area contributed by atoms with Crippen LogP contribution in [0.4, 0.5) is 0 Å². The SMILES string of the molecule is CCCC(=O)[O-].CCCC(=O)[O-].CCCC(=O)[O-].CCCC(=O)[O-].[Ce+4]. The summed E-state index contributed by atoms with van der Waals surface area (Å²) in [4.78, 5) is 38.0. The molecule has 0 radical (unpaired) electrons. The second-order valence-electron chi connectivity index (χ2n) is 4.49. The van der Waals surface area contributed by atoms with E-state index in [1.807, 2.05) is 0 Å². The van der Waals surface area contributed by atoms with Gasteiger partial charge >= 0.3 is 41.7 Å². The van der Waals surface area contributed by atoms with Crippen molar-refractivity contribution in [3.63, 3.8) is 0 Å². The van der Waals surface area contributed by atoms with Crippen molar-refractivity contribution in [2.45, 2.75) is 79.1 Å². The van der Waals surface area contributed by atoms with Crippen molar-refractivity contribution in [2.75, 3.05) is 0 Å². The van der Waals surface area contributed by atoms with Gasteiger partial charge in [0.1, 0.15) is 0 Å². The molecule has 0 bridgehead atoms. The largest absolute Gasteiger partial charge is 4.00 e. The number of hydrogen-bond acceptors (Lipinski definition) is 8. The minimum absolute atomic E-state index is 0. The molecule has 0 aromatic heterocycles. The molecule has 9 heteroatoms. The standard InChI is InChI=1S/4C4H8O2.Ce/c4*1-2-3-4(5)6;/h4*2-3H2,1H3,(H,5,6);/q;;;;+4/p-4. The Morgan fingerprint density at radius 1 is 0.480 bits per heavy atom. The van der Waals surface area contributed by atoms with Gasteiger partial charge in [-0.2, -0.15) is 0 Å². The number of carboxylic acids is 4. The number of carbonyl (C=O) groups excluding carboxylic acids is 4. The van der Waals surface area contributed by atoms with Crippen LogP contribution in [0.5, 0.6) is 0 Å². The van der Waals surface area contributed by atoms with Crippen molar-refractivity contribution < 1.29 is 81.4 Å². The molecule has 0 unspecified atom stereocenters. The van der Waals surface area contributed by atoms with Crippen LogP contribution in [-0.2, 0) is 19.2 Å². The van der Waals surface area contributed by atoms with Gasteiger partial charge in [0.05, 0.1) is 0 Å². The summed E-state index contributed by atoms with van der Waals surface area (Å²) in [6.45, 7) is 7.21. The molecule has 0 atom stereocenters. The van der Waals surface area contributed by atoms with Crippen molar-refractivity contribution in [1.29, 1.82) is 0 Å². The molecule has 8 nitrogen and oxygen atoms in total. The summed E-state index contributed by atoms with van der Waals surface area (Å²) in [6, 6.07) is 0. The Morgan fingerprint density at radius 3 is 0.600 bits per heavy atom. The van der Waals surface area contributed by atoms with Gasteiger partial charge in [0.2, 0.25) is 0 Å². The normalized spacial score (nSPS) is 7.84. The van der Waals surface area contributed by atoms with E-state index in [1.54, 1.807) is 27.7 Å². The number of hydrogen-bond donors (Lipinski definition) is 0. The molecule has 0 aromatic carbocycles. The molecule has 0 spiro atoms. The van der Waals surface area contributed by atoms with Crippen LogP contribution < -0.4 is 20.4 Å². The minimum Gasteiger partial charge on any atom is -0.550 e.